The van der Waals surface area contributed by atoms with E-state index in [-0.39, 0.29) is 11.4 Å². The minimum absolute atomic E-state index is 0.104. The Hall–Kier alpha value is -3.08. The Labute approximate surface area is 146 Å². The van der Waals surface area contributed by atoms with Gasteiger partial charge in [-0.25, -0.2) is 4.79 Å². The Kier molecular flexibility index (Phi) is 3.98. The van der Waals surface area contributed by atoms with Crippen molar-refractivity contribution in [2.75, 3.05) is 31.1 Å². The van der Waals surface area contributed by atoms with Crippen molar-refractivity contribution in [2.24, 2.45) is 0 Å². The van der Waals surface area contributed by atoms with Crippen molar-refractivity contribution in [3.05, 3.63) is 71.9 Å². The van der Waals surface area contributed by atoms with Gasteiger partial charge in [0.15, 0.2) is 0 Å². The zero-order valence-corrected chi connectivity index (χ0v) is 13.7. The van der Waals surface area contributed by atoms with Gasteiger partial charge in [0.1, 0.15) is 11.3 Å². The molecule has 5 heteroatoms. The number of nitrogens with zero attached hydrogens (tertiary/aromatic N) is 2. The lowest BCUT2D eigenvalue weighted by molar-refractivity contribution is -0.130. The van der Waals surface area contributed by atoms with Crippen LogP contribution in [-0.2, 0) is 4.79 Å². The number of hydrogen-bond acceptors (Lipinski definition) is 5. The molecule has 0 unspecified atom stereocenters. The van der Waals surface area contributed by atoms with Gasteiger partial charge >= 0.3 is 5.97 Å². The van der Waals surface area contributed by atoms with Crippen molar-refractivity contribution in [3.8, 4) is 5.75 Å². The molecule has 2 heterocycles. The third-order valence-corrected chi connectivity index (χ3v) is 4.55. The number of carbonyl (C=O) groups excluding carboxylic acids is 2. The molecule has 0 saturated carbocycles. The van der Waals surface area contributed by atoms with Gasteiger partial charge in [-0.05, 0) is 24.3 Å². The number of anilines is 1. The van der Waals surface area contributed by atoms with Crippen molar-refractivity contribution in [1.82, 2.24) is 4.90 Å². The number of rotatable bonds is 2. The number of esters is 1. The van der Waals surface area contributed by atoms with Crippen molar-refractivity contribution in [2.45, 2.75) is 0 Å². The molecule has 5 nitrogen and oxygen atoms in total. The summed E-state index contributed by atoms with van der Waals surface area (Å²) in [5, 5.41) is 0. The molecule has 0 atom stereocenters. The van der Waals surface area contributed by atoms with E-state index in [0.29, 0.717) is 11.3 Å². The Balaban J connectivity index is 1.49. The summed E-state index contributed by atoms with van der Waals surface area (Å²) in [6, 6.07) is 17.1. The molecule has 0 aromatic heterocycles. The van der Waals surface area contributed by atoms with Crippen molar-refractivity contribution < 1.29 is 14.3 Å². The fourth-order valence-corrected chi connectivity index (χ4v) is 3.18. The lowest BCUT2D eigenvalue weighted by atomic mass is 10.0. The average molecular weight is 334 g/mol. The maximum atomic E-state index is 12.6. The van der Waals surface area contributed by atoms with E-state index in [1.165, 1.54) is 5.69 Å². The summed E-state index contributed by atoms with van der Waals surface area (Å²) < 4.78 is 5.28. The molecule has 0 bridgehead atoms. The molecule has 2 aliphatic heterocycles. The van der Waals surface area contributed by atoms with Crippen LogP contribution in [0.4, 0.5) is 5.69 Å². The number of para-hydroxylation sites is 2. The number of ether oxygens (including phenoxy) is 1. The van der Waals surface area contributed by atoms with Crippen LogP contribution in [-0.4, -0.2) is 42.8 Å². The number of Topliss-reactive ketones (excluding diaryl/α,β-unsaturated/α-hetero) is 1. The van der Waals surface area contributed by atoms with Gasteiger partial charge in [-0.3, -0.25) is 4.79 Å². The summed E-state index contributed by atoms with van der Waals surface area (Å²) in [4.78, 5) is 29.1. The lowest BCUT2D eigenvalue weighted by Crippen LogP contribution is -2.44. The summed E-state index contributed by atoms with van der Waals surface area (Å²) in [5.41, 5.74) is 1.74. The second kappa shape index (κ2) is 6.43. The van der Waals surface area contributed by atoms with Crippen LogP contribution in [0.3, 0.4) is 0 Å². The highest BCUT2D eigenvalue weighted by Crippen LogP contribution is 2.27. The zero-order chi connectivity index (χ0) is 17.2. The molecule has 1 saturated heterocycles. The standard InChI is InChI=1S/C20H18N2O3/c23-19-16-8-4-5-9-18(16)25-20(24)17(19)14-21-10-12-22(13-11-21)15-6-2-1-3-7-15/h1-9,14H,10-13H2/b17-14-. The molecule has 0 N–H and O–H groups in total. The molecule has 0 spiro atoms. The van der Waals surface area contributed by atoms with E-state index in [2.05, 4.69) is 17.0 Å². The Bertz CT molecular complexity index is 837. The Morgan fingerprint density at radius 1 is 0.840 bits per heavy atom. The molecule has 0 aliphatic carbocycles. The van der Waals surface area contributed by atoms with Crippen molar-refractivity contribution in [1.29, 1.82) is 0 Å². The van der Waals surface area contributed by atoms with E-state index in [4.69, 9.17) is 4.74 Å². The highest BCUT2D eigenvalue weighted by atomic mass is 16.5. The molecule has 0 amide bonds. The first-order valence-corrected chi connectivity index (χ1v) is 8.34. The van der Waals surface area contributed by atoms with E-state index in [1.807, 2.05) is 23.1 Å². The normalized spacial score (nSPS) is 19.0. The van der Waals surface area contributed by atoms with Gasteiger partial charge in [-0.1, -0.05) is 30.3 Å². The van der Waals surface area contributed by atoms with Crippen molar-refractivity contribution >= 4 is 17.4 Å². The first kappa shape index (κ1) is 15.4. The molecule has 0 radical (unpaired) electrons. The van der Waals surface area contributed by atoms with E-state index < -0.39 is 5.97 Å². The van der Waals surface area contributed by atoms with Gasteiger partial charge in [0.2, 0.25) is 5.78 Å². The zero-order valence-electron chi connectivity index (χ0n) is 13.7. The Morgan fingerprint density at radius 3 is 2.28 bits per heavy atom. The molecular weight excluding hydrogens is 316 g/mol. The molecular formula is C20H18N2O3. The minimum atomic E-state index is -0.575. The largest absolute Gasteiger partial charge is 0.422 e. The summed E-state index contributed by atoms with van der Waals surface area (Å²) >= 11 is 0. The summed E-state index contributed by atoms with van der Waals surface area (Å²) in [7, 11) is 0. The van der Waals surface area contributed by atoms with Crippen LogP contribution in [0, 0.1) is 0 Å². The van der Waals surface area contributed by atoms with E-state index in [9.17, 15) is 9.59 Å². The van der Waals surface area contributed by atoms with Gasteiger partial charge in [-0.15, -0.1) is 0 Å². The molecule has 2 aromatic carbocycles. The third kappa shape index (κ3) is 3.01. The second-order valence-corrected chi connectivity index (χ2v) is 6.12. The average Bonchev–Trinajstić information content (AvgIpc) is 2.66. The van der Waals surface area contributed by atoms with Gasteiger partial charge in [-0.2, -0.15) is 0 Å². The number of hydrogen-bond donors (Lipinski definition) is 0. The predicted octanol–water partition coefficient (Wildman–Crippen LogP) is 2.49. The highest BCUT2D eigenvalue weighted by molar-refractivity contribution is 6.27. The molecule has 126 valence electrons. The van der Waals surface area contributed by atoms with Crippen LogP contribution in [0.2, 0.25) is 0 Å². The second-order valence-electron chi connectivity index (χ2n) is 6.12. The van der Waals surface area contributed by atoms with Crippen LogP contribution in [0.5, 0.6) is 5.75 Å². The number of carbonyl (C=O) groups is 2. The first-order chi connectivity index (χ1) is 12.2. The van der Waals surface area contributed by atoms with Gasteiger partial charge < -0.3 is 14.5 Å². The fraction of sp³-hybridized carbons (Fsp3) is 0.200. The Morgan fingerprint density at radius 2 is 1.52 bits per heavy atom. The summed E-state index contributed by atoms with van der Waals surface area (Å²) in [6.07, 6.45) is 1.66. The lowest BCUT2D eigenvalue weighted by Gasteiger charge is -2.36. The highest BCUT2D eigenvalue weighted by Gasteiger charge is 2.31. The van der Waals surface area contributed by atoms with E-state index >= 15 is 0 Å². The summed E-state index contributed by atoms with van der Waals surface area (Å²) in [5.74, 6) is -0.505. The minimum Gasteiger partial charge on any atom is -0.422 e. The monoisotopic (exact) mass is 334 g/mol. The topological polar surface area (TPSA) is 49.9 Å². The molecule has 4 rings (SSSR count). The van der Waals surface area contributed by atoms with Crippen LogP contribution in [0.25, 0.3) is 0 Å². The molecule has 2 aliphatic rings. The smallest absolute Gasteiger partial charge is 0.349 e. The van der Waals surface area contributed by atoms with Crippen molar-refractivity contribution in [3.63, 3.8) is 0 Å². The maximum absolute atomic E-state index is 12.6. The molecule has 2 aromatic rings. The van der Waals surface area contributed by atoms with E-state index in [1.54, 1.807) is 30.5 Å². The number of fused-ring (bicyclic) bond motifs is 1. The third-order valence-electron chi connectivity index (χ3n) is 4.55. The van der Waals surface area contributed by atoms with Crippen LogP contribution >= 0.6 is 0 Å². The first-order valence-electron chi connectivity index (χ1n) is 8.34. The fourth-order valence-electron chi connectivity index (χ4n) is 3.18. The number of piperazine rings is 1. The number of ketones is 1. The van der Waals surface area contributed by atoms with E-state index in [0.717, 1.165) is 26.2 Å². The van der Waals surface area contributed by atoms with Crippen LogP contribution in [0.1, 0.15) is 10.4 Å². The summed E-state index contributed by atoms with van der Waals surface area (Å²) in [6.45, 7) is 3.18. The molecule has 1 fully saturated rings. The van der Waals surface area contributed by atoms with Gasteiger partial charge in [0.25, 0.3) is 0 Å². The van der Waals surface area contributed by atoms with Gasteiger partial charge in [0, 0.05) is 38.1 Å². The SMILES string of the molecule is O=C1Oc2ccccc2C(=O)/C1=C/N1CCN(c2ccccc2)CC1. The molecule has 25 heavy (non-hydrogen) atoms. The predicted molar refractivity (Wildman–Crippen MR) is 94.7 cm³/mol. The maximum Gasteiger partial charge on any atom is 0.349 e. The number of benzene rings is 2. The van der Waals surface area contributed by atoms with Crippen LogP contribution in [0.15, 0.2) is 66.4 Å². The van der Waals surface area contributed by atoms with Crippen LogP contribution < -0.4 is 9.64 Å². The van der Waals surface area contributed by atoms with Gasteiger partial charge in [0.05, 0.1) is 5.56 Å². The quantitative estimate of drug-likeness (QED) is 0.365.